The van der Waals surface area contributed by atoms with Gasteiger partial charge in [0, 0.05) is 0 Å². The molecule has 0 saturated carbocycles. The second-order valence-electron chi connectivity index (χ2n) is 2.12. The molecule has 9 heavy (non-hydrogen) atoms. The Kier molecular flexibility index (Phi) is 1.56. The molecule has 0 aromatic heterocycles. The molecule has 50 valence electrons. The second kappa shape index (κ2) is 2.21. The van der Waals surface area contributed by atoms with Gasteiger partial charge >= 0.3 is 0 Å². The molecule has 2 heteroatoms. The highest BCUT2D eigenvalue weighted by molar-refractivity contribution is 5.44. The van der Waals surface area contributed by atoms with Crippen LogP contribution in [0.25, 0.3) is 0 Å². The van der Waals surface area contributed by atoms with E-state index >= 15 is 0 Å². The van der Waals surface area contributed by atoms with Crippen LogP contribution in [0.5, 0.6) is 0 Å². The maximum Gasteiger partial charge on any atom is 0.168 e. The van der Waals surface area contributed by atoms with Crippen LogP contribution in [-0.4, -0.2) is 5.11 Å². The van der Waals surface area contributed by atoms with Gasteiger partial charge in [0.15, 0.2) is 11.6 Å². The van der Waals surface area contributed by atoms with Crippen molar-refractivity contribution in [3.05, 3.63) is 23.2 Å². The van der Waals surface area contributed by atoms with Crippen LogP contribution in [0.3, 0.4) is 0 Å². The molecule has 0 aromatic rings. The van der Waals surface area contributed by atoms with E-state index in [4.69, 9.17) is 5.11 Å². The summed E-state index contributed by atoms with van der Waals surface area (Å²) >= 11 is 0. The molecule has 0 radical (unpaired) electrons. The van der Waals surface area contributed by atoms with Gasteiger partial charge in [-0.15, -0.1) is 0 Å². The third-order valence-electron chi connectivity index (χ3n) is 1.34. The Labute approximate surface area is 53.5 Å². The number of hydrogen-bond acceptors (Lipinski definition) is 1. The summed E-state index contributed by atoms with van der Waals surface area (Å²) in [7, 11) is 0. The highest BCUT2D eigenvalue weighted by atomic mass is 19.1. The minimum Gasteiger partial charge on any atom is -0.505 e. The number of aliphatic hydroxyl groups is 1. The molecule has 0 spiro atoms. The first-order valence-electron chi connectivity index (χ1n) is 3.05. The molecule has 1 nitrogen and oxygen atoms in total. The third kappa shape index (κ3) is 0.969. The van der Waals surface area contributed by atoms with Crippen molar-refractivity contribution in [3.8, 4) is 0 Å². The van der Waals surface area contributed by atoms with E-state index < -0.39 is 5.83 Å². The van der Waals surface area contributed by atoms with Crippen LogP contribution >= 0.6 is 0 Å². The van der Waals surface area contributed by atoms with Crippen LogP contribution < -0.4 is 0 Å². The molecule has 0 fully saturated rings. The molecule has 0 bridgehead atoms. The van der Waals surface area contributed by atoms with E-state index in [0.717, 1.165) is 12.8 Å². The Morgan fingerprint density at radius 3 is 2.67 bits per heavy atom. The SMILES string of the molecule is CCCC1=CC(O)=C1F. The van der Waals surface area contributed by atoms with Crippen LogP contribution in [-0.2, 0) is 0 Å². The standard InChI is InChI=1S/C7H9FO/c1-2-3-5-4-6(9)7(5)8/h4,9H,2-3H2,1H3. The molecular formula is C7H9FO. The number of hydrogen-bond donors (Lipinski definition) is 1. The fourth-order valence-corrected chi connectivity index (χ4v) is 0.830. The predicted octanol–water partition coefficient (Wildman–Crippen LogP) is 2.47. The van der Waals surface area contributed by atoms with E-state index in [0.29, 0.717) is 5.57 Å². The molecule has 0 saturated heterocycles. The molecule has 0 unspecified atom stereocenters. The van der Waals surface area contributed by atoms with E-state index in [1.165, 1.54) is 6.08 Å². The molecule has 0 aromatic carbocycles. The lowest BCUT2D eigenvalue weighted by Gasteiger charge is -2.11. The lowest BCUT2D eigenvalue weighted by molar-refractivity contribution is 0.387. The molecule has 1 N–H and O–H groups in total. The first-order valence-corrected chi connectivity index (χ1v) is 3.05. The lowest BCUT2D eigenvalue weighted by atomic mass is 10.0. The smallest absolute Gasteiger partial charge is 0.168 e. The van der Waals surface area contributed by atoms with Crippen molar-refractivity contribution >= 4 is 0 Å². The summed E-state index contributed by atoms with van der Waals surface area (Å²) in [5.74, 6) is -0.615. The minimum atomic E-state index is -0.420. The summed E-state index contributed by atoms with van der Waals surface area (Å²) < 4.78 is 12.3. The van der Waals surface area contributed by atoms with Crippen molar-refractivity contribution in [2.24, 2.45) is 0 Å². The minimum absolute atomic E-state index is 0.196. The molecule has 0 atom stereocenters. The van der Waals surface area contributed by atoms with Gasteiger partial charge in [0.1, 0.15) is 0 Å². The number of allylic oxidation sites excluding steroid dienone is 3. The number of halogens is 1. The monoisotopic (exact) mass is 128 g/mol. The largest absolute Gasteiger partial charge is 0.505 e. The summed E-state index contributed by atoms with van der Waals surface area (Å²) in [6.07, 6.45) is 3.13. The van der Waals surface area contributed by atoms with E-state index in [1.54, 1.807) is 0 Å². The van der Waals surface area contributed by atoms with Crippen LogP contribution in [0.4, 0.5) is 4.39 Å². The molecule has 1 aliphatic carbocycles. The van der Waals surface area contributed by atoms with Gasteiger partial charge < -0.3 is 5.11 Å². The zero-order valence-electron chi connectivity index (χ0n) is 5.32. The Morgan fingerprint density at radius 2 is 2.33 bits per heavy atom. The van der Waals surface area contributed by atoms with E-state index in [-0.39, 0.29) is 5.76 Å². The van der Waals surface area contributed by atoms with E-state index in [1.807, 2.05) is 6.92 Å². The number of aliphatic hydroxyl groups excluding tert-OH is 1. The molecule has 0 aliphatic heterocycles. The van der Waals surface area contributed by atoms with Gasteiger partial charge in [0.05, 0.1) is 0 Å². The first kappa shape index (κ1) is 6.33. The molecular weight excluding hydrogens is 119 g/mol. The number of rotatable bonds is 2. The summed E-state index contributed by atoms with van der Waals surface area (Å²) in [5.41, 5.74) is 0.648. The fourth-order valence-electron chi connectivity index (χ4n) is 0.830. The van der Waals surface area contributed by atoms with Crippen LogP contribution in [0, 0.1) is 0 Å². The lowest BCUT2D eigenvalue weighted by Crippen LogP contribution is -1.99. The second-order valence-corrected chi connectivity index (χ2v) is 2.12. The summed E-state index contributed by atoms with van der Waals surface area (Å²) in [6.45, 7) is 1.98. The van der Waals surface area contributed by atoms with Gasteiger partial charge in [-0.05, 0) is 18.1 Å². The fraction of sp³-hybridized carbons (Fsp3) is 0.429. The molecule has 1 aliphatic rings. The highest BCUT2D eigenvalue weighted by Crippen LogP contribution is 2.29. The van der Waals surface area contributed by atoms with E-state index in [2.05, 4.69) is 0 Å². The van der Waals surface area contributed by atoms with Gasteiger partial charge in [0.2, 0.25) is 0 Å². The van der Waals surface area contributed by atoms with E-state index in [9.17, 15) is 4.39 Å². The Balaban J connectivity index is 2.44. The maximum absolute atomic E-state index is 12.3. The quantitative estimate of drug-likeness (QED) is 0.605. The van der Waals surface area contributed by atoms with Crippen LogP contribution in [0.2, 0.25) is 0 Å². The van der Waals surface area contributed by atoms with Crippen molar-refractivity contribution in [2.45, 2.75) is 19.8 Å². The molecule has 1 rings (SSSR count). The van der Waals surface area contributed by atoms with Crippen molar-refractivity contribution in [2.75, 3.05) is 0 Å². The van der Waals surface area contributed by atoms with Crippen LogP contribution in [0.1, 0.15) is 19.8 Å². The first-order chi connectivity index (χ1) is 4.25. The zero-order valence-corrected chi connectivity index (χ0v) is 5.32. The average molecular weight is 128 g/mol. The zero-order chi connectivity index (χ0) is 6.85. The normalized spacial score (nSPS) is 17.3. The van der Waals surface area contributed by atoms with Crippen molar-refractivity contribution in [1.29, 1.82) is 0 Å². The van der Waals surface area contributed by atoms with Gasteiger partial charge in [-0.2, -0.15) is 0 Å². The Bertz CT molecular complexity index is 179. The summed E-state index contributed by atoms with van der Waals surface area (Å²) in [6, 6.07) is 0. The maximum atomic E-state index is 12.3. The van der Waals surface area contributed by atoms with Crippen molar-refractivity contribution < 1.29 is 9.50 Å². The Hall–Kier alpha value is -0.790. The molecule has 0 amide bonds. The van der Waals surface area contributed by atoms with Gasteiger partial charge in [-0.3, -0.25) is 0 Å². The van der Waals surface area contributed by atoms with Gasteiger partial charge in [-0.1, -0.05) is 13.3 Å². The molecule has 0 heterocycles. The summed E-state index contributed by atoms with van der Waals surface area (Å²) in [5, 5.41) is 8.54. The summed E-state index contributed by atoms with van der Waals surface area (Å²) in [4.78, 5) is 0. The highest BCUT2D eigenvalue weighted by Gasteiger charge is 2.17. The Morgan fingerprint density at radius 1 is 1.67 bits per heavy atom. The van der Waals surface area contributed by atoms with Crippen molar-refractivity contribution in [3.63, 3.8) is 0 Å². The van der Waals surface area contributed by atoms with Crippen molar-refractivity contribution in [1.82, 2.24) is 0 Å². The average Bonchev–Trinajstić information content (AvgIpc) is 1.88. The third-order valence-corrected chi connectivity index (χ3v) is 1.34. The van der Waals surface area contributed by atoms with Crippen LogP contribution in [0.15, 0.2) is 23.2 Å². The predicted molar refractivity (Wildman–Crippen MR) is 33.8 cm³/mol. The van der Waals surface area contributed by atoms with Gasteiger partial charge in [0.25, 0.3) is 0 Å². The topological polar surface area (TPSA) is 20.2 Å². The van der Waals surface area contributed by atoms with Gasteiger partial charge in [-0.25, -0.2) is 4.39 Å².